The van der Waals surface area contributed by atoms with Crippen LogP contribution in [-0.4, -0.2) is 16.9 Å². The fourth-order valence-corrected chi connectivity index (χ4v) is 0.708. The topological polar surface area (TPSA) is 52.5 Å². The van der Waals surface area contributed by atoms with E-state index in [1.165, 1.54) is 0 Å². The molecule has 0 amide bonds. The van der Waals surface area contributed by atoms with Crippen LogP contribution >= 0.6 is 0 Å². The number of phenols is 1. The highest BCUT2D eigenvalue weighted by Crippen LogP contribution is 2.20. The molecule has 3 nitrogen and oxygen atoms in total. The Morgan fingerprint density at radius 3 is 2.60 bits per heavy atom. The van der Waals surface area contributed by atoms with Crippen LogP contribution in [0.4, 0.5) is 5.69 Å². The van der Waals surface area contributed by atoms with Gasteiger partial charge in [0.25, 0.3) is 0 Å². The quantitative estimate of drug-likeness (QED) is 0.418. The molecule has 0 bridgehead atoms. The van der Waals surface area contributed by atoms with Gasteiger partial charge in [-0.25, -0.2) is 0 Å². The predicted molar refractivity (Wildman–Crippen MR) is 38.8 cm³/mol. The van der Waals surface area contributed by atoms with Crippen molar-refractivity contribution in [2.24, 2.45) is 0 Å². The van der Waals surface area contributed by atoms with E-state index in [1.54, 1.807) is 24.3 Å². The van der Waals surface area contributed by atoms with E-state index < -0.39 is 0 Å². The van der Waals surface area contributed by atoms with Crippen LogP contribution in [0, 0.1) is 0 Å². The number of para-hydroxylation sites is 2. The maximum absolute atomic E-state index is 9.07. The lowest BCUT2D eigenvalue weighted by Gasteiger charge is -2.02. The Balaban J connectivity index is 2.81. The van der Waals surface area contributed by atoms with Crippen molar-refractivity contribution in [3.63, 3.8) is 0 Å². The summed E-state index contributed by atoms with van der Waals surface area (Å²) in [7, 11) is 0. The van der Waals surface area contributed by atoms with E-state index in [9.17, 15) is 0 Å². The third-order valence-electron chi connectivity index (χ3n) is 1.17. The van der Waals surface area contributed by atoms with E-state index in [4.69, 9.17) is 10.2 Å². The summed E-state index contributed by atoms with van der Waals surface area (Å²) in [5.74, 6) is 0.150. The SMILES string of the molecule is OCNc1ccccc1O. The molecule has 10 heavy (non-hydrogen) atoms. The first-order chi connectivity index (χ1) is 4.84. The molecular weight excluding hydrogens is 130 g/mol. The molecule has 54 valence electrons. The molecule has 0 saturated heterocycles. The van der Waals surface area contributed by atoms with Crippen molar-refractivity contribution in [2.45, 2.75) is 0 Å². The summed E-state index contributed by atoms with van der Waals surface area (Å²) in [5, 5.41) is 20.1. The molecule has 0 heterocycles. The molecule has 1 aromatic rings. The molecule has 1 rings (SSSR count). The van der Waals surface area contributed by atoms with Crippen molar-refractivity contribution >= 4 is 5.69 Å². The zero-order valence-corrected chi connectivity index (χ0v) is 5.41. The van der Waals surface area contributed by atoms with Gasteiger partial charge in [0.2, 0.25) is 0 Å². The molecule has 0 radical (unpaired) electrons. The van der Waals surface area contributed by atoms with Gasteiger partial charge in [0.15, 0.2) is 0 Å². The number of nitrogens with one attached hydrogen (secondary N) is 1. The largest absolute Gasteiger partial charge is 0.506 e. The van der Waals surface area contributed by atoms with Gasteiger partial charge in [-0.15, -0.1) is 0 Å². The number of rotatable bonds is 2. The van der Waals surface area contributed by atoms with Crippen LogP contribution in [0.1, 0.15) is 0 Å². The normalized spacial score (nSPS) is 9.30. The minimum Gasteiger partial charge on any atom is -0.506 e. The number of aliphatic hydroxyl groups excluding tert-OH is 1. The molecule has 0 aliphatic carbocycles. The van der Waals surface area contributed by atoms with Crippen LogP contribution in [0.15, 0.2) is 24.3 Å². The van der Waals surface area contributed by atoms with E-state index in [0.717, 1.165) is 0 Å². The monoisotopic (exact) mass is 139 g/mol. The maximum atomic E-state index is 9.07. The second-order valence-electron chi connectivity index (χ2n) is 1.85. The van der Waals surface area contributed by atoms with Crippen molar-refractivity contribution in [3.05, 3.63) is 24.3 Å². The Morgan fingerprint density at radius 1 is 1.30 bits per heavy atom. The van der Waals surface area contributed by atoms with E-state index in [0.29, 0.717) is 5.69 Å². The third-order valence-corrected chi connectivity index (χ3v) is 1.17. The van der Waals surface area contributed by atoms with Crippen LogP contribution in [-0.2, 0) is 0 Å². The van der Waals surface area contributed by atoms with E-state index in [1.807, 2.05) is 0 Å². The Kier molecular flexibility index (Phi) is 2.12. The summed E-state index contributed by atoms with van der Waals surface area (Å²) in [5.41, 5.74) is 0.546. The van der Waals surface area contributed by atoms with Gasteiger partial charge in [-0.1, -0.05) is 12.1 Å². The van der Waals surface area contributed by atoms with Gasteiger partial charge in [-0.2, -0.15) is 0 Å². The number of benzene rings is 1. The summed E-state index contributed by atoms with van der Waals surface area (Å²) in [6.45, 7) is -0.169. The zero-order valence-electron chi connectivity index (χ0n) is 5.41. The number of hydrogen-bond acceptors (Lipinski definition) is 3. The van der Waals surface area contributed by atoms with Gasteiger partial charge in [0.1, 0.15) is 12.5 Å². The van der Waals surface area contributed by atoms with Crippen LogP contribution in [0.3, 0.4) is 0 Å². The number of aromatic hydroxyl groups is 1. The number of hydrogen-bond donors (Lipinski definition) is 3. The third kappa shape index (κ3) is 1.39. The lowest BCUT2D eigenvalue weighted by atomic mass is 10.3. The van der Waals surface area contributed by atoms with Gasteiger partial charge in [0, 0.05) is 0 Å². The molecule has 0 aromatic heterocycles. The molecule has 1 aromatic carbocycles. The van der Waals surface area contributed by atoms with Crippen molar-refractivity contribution in [1.29, 1.82) is 0 Å². The van der Waals surface area contributed by atoms with Gasteiger partial charge in [-0.05, 0) is 12.1 Å². The molecule has 0 spiro atoms. The molecule has 0 saturated carbocycles. The molecule has 0 aliphatic rings. The second-order valence-corrected chi connectivity index (χ2v) is 1.85. The zero-order chi connectivity index (χ0) is 7.40. The van der Waals surface area contributed by atoms with Gasteiger partial charge < -0.3 is 15.5 Å². The smallest absolute Gasteiger partial charge is 0.138 e. The fraction of sp³-hybridized carbons (Fsp3) is 0.143. The van der Waals surface area contributed by atoms with E-state index in [-0.39, 0.29) is 12.5 Å². The minimum atomic E-state index is -0.169. The standard InChI is InChI=1S/C7H9NO2/c9-5-8-6-3-1-2-4-7(6)10/h1-4,8-10H,5H2. The van der Waals surface area contributed by atoms with Crippen LogP contribution in [0.5, 0.6) is 5.75 Å². The van der Waals surface area contributed by atoms with Crippen LogP contribution in [0.2, 0.25) is 0 Å². The molecular formula is C7H9NO2. The maximum Gasteiger partial charge on any atom is 0.138 e. The van der Waals surface area contributed by atoms with E-state index >= 15 is 0 Å². The Morgan fingerprint density at radius 2 is 2.00 bits per heavy atom. The van der Waals surface area contributed by atoms with Crippen LogP contribution in [0.25, 0.3) is 0 Å². The highest BCUT2D eigenvalue weighted by molar-refractivity contribution is 5.54. The van der Waals surface area contributed by atoms with Crippen molar-refractivity contribution in [3.8, 4) is 5.75 Å². The predicted octanol–water partition coefficient (Wildman–Crippen LogP) is 0.754. The lowest BCUT2D eigenvalue weighted by Crippen LogP contribution is -1.98. The van der Waals surface area contributed by atoms with E-state index in [2.05, 4.69) is 5.32 Å². The average Bonchev–Trinajstić information content (AvgIpc) is 1.94. The lowest BCUT2D eigenvalue weighted by molar-refractivity contribution is 0.324. The summed E-state index contributed by atoms with van der Waals surface area (Å²) in [6.07, 6.45) is 0. The molecule has 0 unspecified atom stereocenters. The first-order valence-corrected chi connectivity index (χ1v) is 2.97. The highest BCUT2D eigenvalue weighted by Gasteiger charge is 1.94. The first-order valence-electron chi connectivity index (χ1n) is 2.97. The van der Waals surface area contributed by atoms with Crippen molar-refractivity contribution in [1.82, 2.24) is 0 Å². The average molecular weight is 139 g/mol. The van der Waals surface area contributed by atoms with Gasteiger partial charge in [0.05, 0.1) is 5.69 Å². The van der Waals surface area contributed by atoms with Crippen molar-refractivity contribution < 1.29 is 10.2 Å². The number of aliphatic hydroxyl groups is 1. The Labute approximate surface area is 58.9 Å². The molecule has 0 atom stereocenters. The summed E-state index contributed by atoms with van der Waals surface area (Å²) >= 11 is 0. The summed E-state index contributed by atoms with van der Waals surface area (Å²) in [6, 6.07) is 6.74. The number of phenolic OH excluding ortho intramolecular Hbond substituents is 1. The number of anilines is 1. The fourth-order valence-electron chi connectivity index (χ4n) is 0.708. The Bertz CT molecular complexity index is 213. The summed E-state index contributed by atoms with van der Waals surface area (Å²) in [4.78, 5) is 0. The second kappa shape index (κ2) is 3.08. The molecule has 3 N–H and O–H groups in total. The minimum absolute atomic E-state index is 0.150. The van der Waals surface area contributed by atoms with Gasteiger partial charge >= 0.3 is 0 Å². The van der Waals surface area contributed by atoms with Gasteiger partial charge in [-0.3, -0.25) is 0 Å². The molecule has 0 fully saturated rings. The van der Waals surface area contributed by atoms with Crippen LogP contribution < -0.4 is 5.32 Å². The highest BCUT2D eigenvalue weighted by atomic mass is 16.3. The summed E-state index contributed by atoms with van der Waals surface area (Å²) < 4.78 is 0. The van der Waals surface area contributed by atoms with Crippen molar-refractivity contribution in [2.75, 3.05) is 12.0 Å². The molecule has 3 heteroatoms. The Hall–Kier alpha value is -1.22. The molecule has 0 aliphatic heterocycles. The first kappa shape index (κ1) is 6.89.